The fourth-order valence-electron chi connectivity index (χ4n) is 3.62. The van der Waals surface area contributed by atoms with Gasteiger partial charge in [-0.2, -0.15) is 0 Å². The Morgan fingerprint density at radius 3 is 2.50 bits per heavy atom. The Morgan fingerprint density at radius 2 is 1.85 bits per heavy atom. The lowest BCUT2D eigenvalue weighted by Crippen LogP contribution is -2.46. The molecule has 1 heterocycles. The number of carbonyl (C=O) groups excluding carboxylic acids is 2. The molecule has 0 unspecified atom stereocenters. The van der Waals surface area contributed by atoms with E-state index in [4.69, 9.17) is 4.74 Å². The zero-order chi connectivity index (χ0) is 18.7. The fraction of sp³-hybridized carbons (Fsp3) is 0.500. The van der Waals surface area contributed by atoms with E-state index in [2.05, 4.69) is 27.9 Å². The maximum atomic E-state index is 13.1. The van der Waals surface area contributed by atoms with Crippen LogP contribution in [0.3, 0.4) is 0 Å². The molecule has 0 spiro atoms. The van der Waals surface area contributed by atoms with Crippen molar-refractivity contribution < 1.29 is 14.3 Å². The van der Waals surface area contributed by atoms with Crippen LogP contribution in [0.4, 0.5) is 4.79 Å². The molecule has 2 aliphatic rings. The zero-order valence-electron chi connectivity index (χ0n) is 15.3. The first kappa shape index (κ1) is 19.2. The highest BCUT2D eigenvalue weighted by molar-refractivity contribution is 14.1. The van der Waals surface area contributed by atoms with Crippen molar-refractivity contribution in [1.29, 1.82) is 0 Å². The van der Waals surface area contributed by atoms with Crippen molar-refractivity contribution in [3.8, 4) is 0 Å². The summed E-state index contributed by atoms with van der Waals surface area (Å²) < 4.78 is 6.89. The van der Waals surface area contributed by atoms with Gasteiger partial charge in [0.2, 0.25) is 0 Å². The largest absolute Gasteiger partial charge is 0.459 e. The quantitative estimate of drug-likeness (QED) is 0.403. The maximum Gasteiger partial charge on any atom is 0.338 e. The van der Waals surface area contributed by atoms with Crippen LogP contribution in [0.2, 0.25) is 0 Å². The number of hydrogen-bond donors (Lipinski definition) is 1. The van der Waals surface area contributed by atoms with Crippen molar-refractivity contribution in [3.63, 3.8) is 0 Å². The minimum Gasteiger partial charge on any atom is -0.459 e. The molecule has 1 N–H and O–H groups in total. The third-order valence-electron chi connectivity index (χ3n) is 5.27. The monoisotopic (exact) mass is 468 g/mol. The Balaban J connectivity index is 1.92. The van der Waals surface area contributed by atoms with E-state index in [0.29, 0.717) is 11.3 Å². The van der Waals surface area contributed by atoms with E-state index in [1.165, 1.54) is 17.7 Å². The summed E-state index contributed by atoms with van der Waals surface area (Å²) in [6, 6.07) is 7.10. The smallest absolute Gasteiger partial charge is 0.338 e. The van der Waals surface area contributed by atoms with E-state index in [9.17, 15) is 9.59 Å². The first-order chi connectivity index (χ1) is 12.5. The summed E-state index contributed by atoms with van der Waals surface area (Å²) in [5, 5.41) is 2.96. The molecule has 1 atom stereocenters. The van der Waals surface area contributed by atoms with E-state index in [0.717, 1.165) is 34.8 Å². The van der Waals surface area contributed by atoms with Crippen molar-refractivity contribution in [1.82, 2.24) is 10.2 Å². The standard InChI is InChI=1S/C20H25IN2O3/c1-13-17(19(24)26-14-9-5-3-4-6-10-14)18(22-20(25)23(13)2)15-11-7-8-12-16(15)21/h7-8,11-12,14,18H,3-6,9-10H2,1-2H3,(H,22,25)/t18-/m0/s1. The SMILES string of the molecule is CC1=C(C(=O)OC2CCCCCC2)[C@H](c2ccccc2I)NC(=O)N1C. The molecule has 6 heteroatoms. The van der Waals surface area contributed by atoms with Gasteiger partial charge in [0, 0.05) is 16.3 Å². The summed E-state index contributed by atoms with van der Waals surface area (Å²) in [5.41, 5.74) is 2.10. The van der Waals surface area contributed by atoms with Crippen molar-refractivity contribution in [2.75, 3.05) is 7.05 Å². The molecule has 1 aromatic carbocycles. The van der Waals surface area contributed by atoms with Crippen LogP contribution in [0.5, 0.6) is 0 Å². The fourth-order valence-corrected chi connectivity index (χ4v) is 4.32. The Hall–Kier alpha value is -1.57. The summed E-state index contributed by atoms with van der Waals surface area (Å²) in [7, 11) is 1.68. The van der Waals surface area contributed by atoms with Crippen LogP contribution in [0.1, 0.15) is 57.1 Å². The predicted molar refractivity (Wildman–Crippen MR) is 108 cm³/mol. The third kappa shape index (κ3) is 4.05. The normalized spacial score (nSPS) is 22.0. The minimum absolute atomic E-state index is 0.0243. The Morgan fingerprint density at radius 1 is 1.19 bits per heavy atom. The summed E-state index contributed by atoms with van der Waals surface area (Å²) in [6.07, 6.45) is 6.45. The second-order valence-corrected chi connectivity index (χ2v) is 8.14. The van der Waals surface area contributed by atoms with E-state index in [-0.39, 0.29) is 18.1 Å². The molecule has 1 aliphatic carbocycles. The molecule has 1 saturated carbocycles. The molecule has 0 bridgehead atoms. The van der Waals surface area contributed by atoms with Crippen LogP contribution < -0.4 is 5.32 Å². The van der Waals surface area contributed by atoms with Crippen molar-refractivity contribution in [2.24, 2.45) is 0 Å². The number of halogens is 1. The van der Waals surface area contributed by atoms with Crippen LogP contribution in [0.25, 0.3) is 0 Å². The second-order valence-electron chi connectivity index (χ2n) is 6.98. The Kier molecular flexibility index (Phi) is 6.21. The minimum atomic E-state index is -0.481. The molecule has 140 valence electrons. The first-order valence-corrected chi connectivity index (χ1v) is 10.3. The lowest BCUT2D eigenvalue weighted by Gasteiger charge is -2.34. The lowest BCUT2D eigenvalue weighted by molar-refractivity contribution is -0.145. The second kappa shape index (κ2) is 8.41. The maximum absolute atomic E-state index is 13.1. The summed E-state index contributed by atoms with van der Waals surface area (Å²) in [5.74, 6) is -0.314. The molecule has 1 aromatic rings. The molecule has 3 rings (SSSR count). The van der Waals surface area contributed by atoms with Crippen molar-refractivity contribution in [3.05, 3.63) is 44.7 Å². The molecule has 1 fully saturated rings. The summed E-state index contributed by atoms with van der Waals surface area (Å²) in [6.45, 7) is 1.81. The van der Waals surface area contributed by atoms with Crippen LogP contribution in [-0.2, 0) is 9.53 Å². The number of amides is 2. The number of carbonyl (C=O) groups is 2. The molecule has 2 amide bonds. The van der Waals surface area contributed by atoms with Gasteiger partial charge >= 0.3 is 12.0 Å². The number of urea groups is 1. The van der Waals surface area contributed by atoms with Gasteiger partial charge in [0.1, 0.15) is 6.10 Å². The van der Waals surface area contributed by atoms with Gasteiger partial charge in [-0.05, 0) is 66.8 Å². The van der Waals surface area contributed by atoms with Crippen molar-refractivity contribution >= 4 is 34.6 Å². The van der Waals surface area contributed by atoms with Gasteiger partial charge < -0.3 is 15.0 Å². The van der Waals surface area contributed by atoms with Crippen LogP contribution in [0, 0.1) is 3.57 Å². The number of benzene rings is 1. The summed E-state index contributed by atoms with van der Waals surface area (Å²) >= 11 is 2.24. The molecular formula is C20H25IN2O3. The number of ether oxygens (including phenoxy) is 1. The number of nitrogens with zero attached hydrogens (tertiary/aromatic N) is 1. The van der Waals surface area contributed by atoms with E-state index in [1.807, 2.05) is 31.2 Å². The highest BCUT2D eigenvalue weighted by atomic mass is 127. The summed E-state index contributed by atoms with van der Waals surface area (Å²) in [4.78, 5) is 26.9. The number of hydrogen-bond acceptors (Lipinski definition) is 3. The highest BCUT2D eigenvalue weighted by Gasteiger charge is 2.36. The molecule has 1 aliphatic heterocycles. The van der Waals surface area contributed by atoms with E-state index < -0.39 is 6.04 Å². The topological polar surface area (TPSA) is 58.6 Å². The molecule has 0 radical (unpaired) electrons. The number of nitrogens with one attached hydrogen (secondary N) is 1. The van der Waals surface area contributed by atoms with Gasteiger partial charge in [-0.3, -0.25) is 0 Å². The van der Waals surface area contributed by atoms with Gasteiger partial charge in [0.25, 0.3) is 0 Å². The van der Waals surface area contributed by atoms with Crippen LogP contribution in [0.15, 0.2) is 35.5 Å². The zero-order valence-corrected chi connectivity index (χ0v) is 17.4. The average molecular weight is 468 g/mol. The number of allylic oxidation sites excluding steroid dienone is 1. The molecule has 26 heavy (non-hydrogen) atoms. The van der Waals surface area contributed by atoms with Gasteiger partial charge in [-0.1, -0.05) is 31.0 Å². The lowest BCUT2D eigenvalue weighted by atomic mass is 9.95. The van der Waals surface area contributed by atoms with E-state index >= 15 is 0 Å². The third-order valence-corrected chi connectivity index (χ3v) is 6.25. The molecule has 5 nitrogen and oxygen atoms in total. The predicted octanol–water partition coefficient (Wildman–Crippen LogP) is 4.53. The van der Waals surface area contributed by atoms with Gasteiger partial charge in [0.15, 0.2) is 0 Å². The van der Waals surface area contributed by atoms with Gasteiger partial charge in [0.05, 0.1) is 11.6 Å². The number of rotatable bonds is 3. The Bertz CT molecular complexity index is 724. The highest BCUT2D eigenvalue weighted by Crippen LogP contribution is 2.33. The van der Waals surface area contributed by atoms with Crippen molar-refractivity contribution in [2.45, 2.75) is 57.6 Å². The van der Waals surface area contributed by atoms with Crippen LogP contribution in [-0.4, -0.2) is 30.1 Å². The number of esters is 1. The average Bonchev–Trinajstić information content (AvgIpc) is 2.88. The molecule has 0 aromatic heterocycles. The van der Waals surface area contributed by atoms with E-state index in [1.54, 1.807) is 7.05 Å². The molecular weight excluding hydrogens is 443 g/mol. The first-order valence-electron chi connectivity index (χ1n) is 9.19. The Labute approximate surface area is 168 Å². The van der Waals surface area contributed by atoms with Gasteiger partial charge in [-0.25, -0.2) is 9.59 Å². The molecule has 0 saturated heterocycles. The van der Waals surface area contributed by atoms with Gasteiger partial charge in [-0.15, -0.1) is 0 Å². The van der Waals surface area contributed by atoms with Crippen LogP contribution >= 0.6 is 22.6 Å².